The number of aryl methyl sites for hydroxylation is 2. The third-order valence-electron chi connectivity index (χ3n) is 4.05. The van der Waals surface area contributed by atoms with Crippen LogP contribution in [0.4, 0.5) is 0 Å². The Balaban J connectivity index is 2.98. The van der Waals surface area contributed by atoms with E-state index >= 15 is 0 Å². The van der Waals surface area contributed by atoms with Gasteiger partial charge in [0, 0.05) is 31.4 Å². The second-order valence-electron chi connectivity index (χ2n) is 6.17. The highest BCUT2D eigenvalue weighted by Gasteiger charge is 2.24. The Morgan fingerprint density at radius 2 is 2.00 bits per heavy atom. The second-order valence-corrected chi connectivity index (χ2v) is 6.44. The van der Waals surface area contributed by atoms with Crippen LogP contribution in [-0.4, -0.2) is 33.0 Å². The highest BCUT2D eigenvalue weighted by Crippen LogP contribution is 2.24. The maximum Gasteiger partial charge on any atom is 0.237 e. The Morgan fingerprint density at radius 3 is 2.40 bits per heavy atom. The first-order chi connectivity index (χ1) is 9.21. The van der Waals surface area contributed by atoms with Crippen molar-refractivity contribution in [1.82, 2.24) is 14.7 Å². The van der Waals surface area contributed by atoms with Crippen molar-refractivity contribution in [3.63, 3.8) is 0 Å². The number of amides is 1. The first-order valence-electron chi connectivity index (χ1n) is 7.04. The van der Waals surface area contributed by atoms with Crippen LogP contribution in [0, 0.1) is 19.3 Å². The second kappa shape index (κ2) is 6.61. The largest absolute Gasteiger partial charge is 0.337 e. The summed E-state index contributed by atoms with van der Waals surface area (Å²) in [6.07, 6.45) is 1.02. The van der Waals surface area contributed by atoms with E-state index in [1.54, 1.807) is 0 Å². The molecule has 0 aliphatic carbocycles. The summed E-state index contributed by atoms with van der Waals surface area (Å²) in [6.45, 7) is 11.8. The molecule has 0 aliphatic heterocycles. The van der Waals surface area contributed by atoms with Crippen LogP contribution in [0.1, 0.15) is 44.1 Å². The van der Waals surface area contributed by atoms with Gasteiger partial charge in [0.05, 0.1) is 5.69 Å². The molecule has 0 aliphatic rings. The molecule has 0 saturated heterocycles. The quantitative estimate of drug-likeness (QED) is 0.757. The lowest BCUT2D eigenvalue weighted by Gasteiger charge is -2.32. The predicted molar refractivity (Wildman–Crippen MR) is 82.9 cm³/mol. The van der Waals surface area contributed by atoms with Crippen molar-refractivity contribution >= 4 is 17.5 Å². The van der Waals surface area contributed by atoms with Crippen molar-refractivity contribution in [3.8, 4) is 0 Å². The number of hydrogen-bond donors (Lipinski definition) is 0. The topological polar surface area (TPSA) is 38.1 Å². The molecular formula is C15H26ClN3O. The molecule has 1 rings (SSSR count). The molecule has 0 N–H and O–H groups in total. The zero-order valence-corrected chi connectivity index (χ0v) is 14.2. The Labute approximate surface area is 127 Å². The summed E-state index contributed by atoms with van der Waals surface area (Å²) in [6, 6.07) is 0. The molecule has 20 heavy (non-hydrogen) atoms. The number of nitrogens with zero attached hydrogens (tertiary/aromatic N) is 3. The molecule has 1 heterocycles. The zero-order valence-electron chi connectivity index (χ0n) is 13.5. The van der Waals surface area contributed by atoms with E-state index in [2.05, 4.69) is 25.9 Å². The van der Waals surface area contributed by atoms with Gasteiger partial charge in [0.25, 0.3) is 0 Å². The number of halogens is 1. The van der Waals surface area contributed by atoms with Crippen LogP contribution in [0.15, 0.2) is 0 Å². The molecule has 5 heteroatoms. The van der Waals surface area contributed by atoms with E-state index in [9.17, 15) is 4.79 Å². The van der Waals surface area contributed by atoms with Crippen LogP contribution in [0.25, 0.3) is 0 Å². The number of hydrogen-bond acceptors (Lipinski definition) is 2. The Kier molecular flexibility index (Phi) is 5.63. The van der Waals surface area contributed by atoms with Crippen LogP contribution in [-0.2, 0) is 18.4 Å². The summed E-state index contributed by atoms with van der Waals surface area (Å²) < 4.78 is 1.86. The van der Waals surface area contributed by atoms with Gasteiger partial charge in [0.2, 0.25) is 5.91 Å². The van der Waals surface area contributed by atoms with Crippen molar-refractivity contribution in [2.75, 3.05) is 12.4 Å². The molecule has 0 aromatic carbocycles. The Bertz CT molecular complexity index is 480. The Hall–Kier alpha value is -1.03. The van der Waals surface area contributed by atoms with Gasteiger partial charge in [0.15, 0.2) is 0 Å². The first-order valence-corrected chi connectivity index (χ1v) is 7.58. The van der Waals surface area contributed by atoms with Crippen LogP contribution < -0.4 is 0 Å². The van der Waals surface area contributed by atoms with Crippen molar-refractivity contribution in [1.29, 1.82) is 0 Å². The maximum absolute atomic E-state index is 12.1. The van der Waals surface area contributed by atoms with Crippen LogP contribution in [0.3, 0.4) is 0 Å². The third kappa shape index (κ3) is 3.98. The monoisotopic (exact) mass is 299 g/mol. The van der Waals surface area contributed by atoms with Gasteiger partial charge in [-0.1, -0.05) is 20.8 Å². The van der Waals surface area contributed by atoms with Crippen LogP contribution in [0.5, 0.6) is 0 Å². The van der Waals surface area contributed by atoms with Crippen LogP contribution in [0.2, 0.25) is 0 Å². The molecule has 0 atom stereocenters. The summed E-state index contributed by atoms with van der Waals surface area (Å²) in [5.74, 6) is 0.00821. The number of carbonyl (C=O) groups excluding carboxylic acids is 1. The van der Waals surface area contributed by atoms with Crippen molar-refractivity contribution in [3.05, 3.63) is 17.0 Å². The van der Waals surface area contributed by atoms with E-state index in [0.717, 1.165) is 23.4 Å². The van der Waals surface area contributed by atoms with Gasteiger partial charge < -0.3 is 4.90 Å². The summed E-state index contributed by atoms with van der Waals surface area (Å²) in [5, 5.41) is 4.41. The fourth-order valence-electron chi connectivity index (χ4n) is 2.18. The lowest BCUT2D eigenvalue weighted by Crippen LogP contribution is -2.39. The highest BCUT2D eigenvalue weighted by atomic mass is 35.5. The minimum absolute atomic E-state index is 0.0177. The fourth-order valence-corrected chi connectivity index (χ4v) is 2.35. The molecule has 1 aromatic rings. The highest BCUT2D eigenvalue weighted by molar-refractivity contribution is 6.27. The molecule has 0 fully saturated rings. The molecule has 0 spiro atoms. The van der Waals surface area contributed by atoms with Gasteiger partial charge in [-0.15, -0.1) is 11.6 Å². The molecule has 0 radical (unpaired) electrons. The van der Waals surface area contributed by atoms with Gasteiger partial charge >= 0.3 is 0 Å². The molecule has 0 saturated carbocycles. The average Bonchev–Trinajstić information content (AvgIpc) is 2.63. The first kappa shape index (κ1) is 17.0. The van der Waals surface area contributed by atoms with Gasteiger partial charge in [-0.05, 0) is 25.7 Å². The fraction of sp³-hybridized carbons (Fsp3) is 0.733. The van der Waals surface area contributed by atoms with Gasteiger partial charge in [-0.25, -0.2) is 0 Å². The van der Waals surface area contributed by atoms with E-state index in [1.165, 1.54) is 0 Å². The minimum Gasteiger partial charge on any atom is -0.337 e. The number of aromatic nitrogens is 2. The average molecular weight is 300 g/mol. The molecule has 1 aromatic heterocycles. The lowest BCUT2D eigenvalue weighted by molar-refractivity contribution is -0.130. The number of alkyl halides is 1. The molecule has 0 bridgehead atoms. The van der Waals surface area contributed by atoms with E-state index in [-0.39, 0.29) is 17.2 Å². The van der Waals surface area contributed by atoms with Gasteiger partial charge in [-0.3, -0.25) is 9.48 Å². The molecular weight excluding hydrogens is 274 g/mol. The minimum atomic E-state index is -0.0177. The van der Waals surface area contributed by atoms with E-state index < -0.39 is 0 Å². The summed E-state index contributed by atoms with van der Waals surface area (Å²) in [5.41, 5.74) is 3.29. The number of rotatable bonds is 6. The predicted octanol–water partition coefficient (Wildman–Crippen LogP) is 3.04. The Morgan fingerprint density at radius 1 is 1.40 bits per heavy atom. The summed E-state index contributed by atoms with van der Waals surface area (Å²) in [7, 11) is 1.93. The van der Waals surface area contributed by atoms with Crippen LogP contribution >= 0.6 is 11.6 Å². The SMILES string of the molecule is CCC(C)(C)CN(Cc1c(C)nn(C)c1C)C(=O)CCl. The molecule has 0 unspecified atom stereocenters. The molecule has 4 nitrogen and oxygen atoms in total. The van der Waals surface area contributed by atoms with Crippen molar-refractivity contribution in [2.24, 2.45) is 12.5 Å². The molecule has 1 amide bonds. The third-order valence-corrected chi connectivity index (χ3v) is 4.28. The number of carbonyl (C=O) groups is 1. The van der Waals surface area contributed by atoms with Gasteiger partial charge in [0.1, 0.15) is 5.88 Å². The van der Waals surface area contributed by atoms with E-state index in [1.807, 2.05) is 30.5 Å². The van der Waals surface area contributed by atoms with Crippen molar-refractivity contribution in [2.45, 2.75) is 47.6 Å². The maximum atomic E-state index is 12.1. The smallest absolute Gasteiger partial charge is 0.237 e. The van der Waals surface area contributed by atoms with E-state index in [4.69, 9.17) is 11.6 Å². The lowest BCUT2D eigenvalue weighted by atomic mass is 9.89. The summed E-state index contributed by atoms with van der Waals surface area (Å²) >= 11 is 5.76. The van der Waals surface area contributed by atoms with Crippen molar-refractivity contribution < 1.29 is 4.79 Å². The van der Waals surface area contributed by atoms with Gasteiger partial charge in [-0.2, -0.15) is 5.10 Å². The molecule has 114 valence electrons. The summed E-state index contributed by atoms with van der Waals surface area (Å²) in [4.78, 5) is 14.0. The van der Waals surface area contributed by atoms with E-state index in [0.29, 0.717) is 13.1 Å². The normalized spacial score (nSPS) is 11.8. The standard InChI is InChI=1S/C15H26ClN3O/c1-7-15(4,5)10-19(14(20)8-16)9-13-11(2)17-18(6)12(13)3/h7-10H2,1-6H3. The zero-order chi connectivity index (χ0) is 15.5.